The van der Waals surface area contributed by atoms with E-state index in [-0.39, 0.29) is 24.8 Å². The van der Waals surface area contributed by atoms with Crippen molar-refractivity contribution >= 4 is 17.8 Å². The number of hydrogen-bond acceptors (Lipinski definition) is 6. The van der Waals surface area contributed by atoms with Gasteiger partial charge >= 0.3 is 5.97 Å². The summed E-state index contributed by atoms with van der Waals surface area (Å²) in [5.41, 5.74) is 1.85. The third-order valence-electron chi connectivity index (χ3n) is 5.47. The lowest BCUT2D eigenvalue weighted by Gasteiger charge is -2.40. The van der Waals surface area contributed by atoms with E-state index in [1.54, 1.807) is 55.5 Å². The fraction of sp³-hybridized carbons (Fsp3) is 0.348. The highest BCUT2D eigenvalue weighted by Crippen LogP contribution is 2.43. The van der Waals surface area contributed by atoms with Crippen LogP contribution in [0.1, 0.15) is 39.9 Å². The number of carbonyl (C=O) groups excluding carboxylic acids is 3. The zero-order chi connectivity index (χ0) is 22.5. The van der Waals surface area contributed by atoms with E-state index >= 15 is 0 Å². The molecule has 0 spiro atoms. The Morgan fingerprint density at radius 1 is 1.03 bits per heavy atom. The molecule has 2 aromatic carbocycles. The van der Waals surface area contributed by atoms with E-state index in [0.29, 0.717) is 22.6 Å². The number of nitrogens with one attached hydrogen (secondary N) is 1. The second-order valence-electron chi connectivity index (χ2n) is 7.16. The van der Waals surface area contributed by atoms with Crippen molar-refractivity contribution in [2.45, 2.75) is 18.4 Å². The third-order valence-corrected chi connectivity index (χ3v) is 5.47. The number of carbonyl (C=O) groups is 3. The molecule has 0 fully saturated rings. The number of rotatable bonds is 7. The molecule has 1 aliphatic rings. The first-order valence-corrected chi connectivity index (χ1v) is 9.85. The Kier molecular flexibility index (Phi) is 6.79. The number of methoxy groups -OCH3 is 3. The average Bonchev–Trinajstić information content (AvgIpc) is 2.80. The monoisotopic (exact) mass is 426 g/mol. The Balaban J connectivity index is 2.03. The molecule has 8 nitrogen and oxygen atoms in total. The molecular weight excluding hydrogens is 400 g/mol. The summed E-state index contributed by atoms with van der Waals surface area (Å²) in [5.74, 6) is -0.479. The zero-order valence-corrected chi connectivity index (χ0v) is 18.0. The average molecular weight is 426 g/mol. The van der Waals surface area contributed by atoms with E-state index in [1.165, 1.54) is 14.2 Å². The summed E-state index contributed by atoms with van der Waals surface area (Å²) in [6, 6.07) is 11.9. The molecule has 0 bridgehead atoms. The van der Waals surface area contributed by atoms with Crippen molar-refractivity contribution in [3.8, 4) is 11.5 Å². The number of esters is 1. The molecule has 2 atom stereocenters. The van der Waals surface area contributed by atoms with E-state index in [1.807, 2.05) is 6.07 Å². The number of benzene rings is 2. The van der Waals surface area contributed by atoms with Crippen LogP contribution in [0.15, 0.2) is 42.5 Å². The van der Waals surface area contributed by atoms with Gasteiger partial charge < -0.3 is 24.4 Å². The van der Waals surface area contributed by atoms with Crippen molar-refractivity contribution in [3.05, 3.63) is 59.2 Å². The highest BCUT2D eigenvalue weighted by molar-refractivity contribution is 6.01. The lowest BCUT2D eigenvalue weighted by atomic mass is 9.79. The molecule has 2 amide bonds. The Hall–Kier alpha value is -3.55. The van der Waals surface area contributed by atoms with Gasteiger partial charge in [-0.05, 0) is 29.3 Å². The maximum absolute atomic E-state index is 13.3. The molecule has 2 aromatic rings. The predicted molar refractivity (Wildman–Crippen MR) is 113 cm³/mol. The van der Waals surface area contributed by atoms with Gasteiger partial charge in [-0.3, -0.25) is 14.4 Å². The quantitative estimate of drug-likeness (QED) is 0.683. The van der Waals surface area contributed by atoms with Crippen molar-refractivity contribution in [1.82, 2.24) is 10.2 Å². The van der Waals surface area contributed by atoms with Crippen LogP contribution in [-0.4, -0.2) is 57.6 Å². The normalized spacial score (nSPS) is 17.5. The molecule has 0 unspecified atom stereocenters. The van der Waals surface area contributed by atoms with Gasteiger partial charge in [0, 0.05) is 19.2 Å². The molecule has 1 heterocycles. The molecule has 0 aromatic heterocycles. The molecule has 1 N–H and O–H groups in total. The van der Waals surface area contributed by atoms with Crippen LogP contribution in [-0.2, 0) is 14.3 Å². The highest BCUT2D eigenvalue weighted by Gasteiger charge is 2.42. The number of amides is 2. The van der Waals surface area contributed by atoms with E-state index < -0.39 is 17.9 Å². The summed E-state index contributed by atoms with van der Waals surface area (Å²) >= 11 is 0. The second kappa shape index (κ2) is 9.51. The molecular formula is C23H26N2O6. The van der Waals surface area contributed by atoms with Gasteiger partial charge in [-0.2, -0.15) is 0 Å². The molecule has 1 aliphatic heterocycles. The van der Waals surface area contributed by atoms with Crippen LogP contribution in [0.25, 0.3) is 0 Å². The molecule has 0 saturated heterocycles. The lowest BCUT2D eigenvalue weighted by Crippen LogP contribution is -2.46. The number of likely N-dealkylation sites (N-methyl/N-ethyl adjacent to an activating group) is 1. The van der Waals surface area contributed by atoms with Gasteiger partial charge in [-0.15, -0.1) is 0 Å². The third kappa shape index (κ3) is 4.33. The molecule has 3 rings (SSSR count). The van der Waals surface area contributed by atoms with Crippen molar-refractivity contribution < 1.29 is 28.6 Å². The minimum atomic E-state index is -0.672. The molecule has 164 valence electrons. The Bertz CT molecular complexity index is 990. The predicted octanol–water partition coefficient (Wildman–Crippen LogP) is 2.29. The topological polar surface area (TPSA) is 94.2 Å². The van der Waals surface area contributed by atoms with Crippen LogP contribution < -0.4 is 14.8 Å². The Morgan fingerprint density at radius 3 is 2.42 bits per heavy atom. The summed E-state index contributed by atoms with van der Waals surface area (Å²) in [6.07, 6.45) is 0.0619. The van der Waals surface area contributed by atoms with Gasteiger partial charge in [0.2, 0.25) is 5.91 Å². The summed E-state index contributed by atoms with van der Waals surface area (Å²) < 4.78 is 15.4. The van der Waals surface area contributed by atoms with Crippen molar-refractivity contribution in [1.29, 1.82) is 0 Å². The summed E-state index contributed by atoms with van der Waals surface area (Å²) in [5, 5.41) is 2.81. The lowest BCUT2D eigenvalue weighted by molar-refractivity contribution is -0.140. The molecule has 31 heavy (non-hydrogen) atoms. The number of nitrogens with zero attached hydrogens (tertiary/aromatic N) is 1. The summed E-state index contributed by atoms with van der Waals surface area (Å²) in [4.78, 5) is 39.3. The van der Waals surface area contributed by atoms with Gasteiger partial charge in [0.15, 0.2) is 11.5 Å². The van der Waals surface area contributed by atoms with Crippen molar-refractivity contribution in [3.63, 3.8) is 0 Å². The van der Waals surface area contributed by atoms with Crippen LogP contribution >= 0.6 is 0 Å². The van der Waals surface area contributed by atoms with E-state index in [2.05, 4.69) is 10.1 Å². The number of hydrogen-bond donors (Lipinski definition) is 1. The molecule has 0 radical (unpaired) electrons. The largest absolute Gasteiger partial charge is 0.493 e. The fourth-order valence-corrected chi connectivity index (χ4v) is 3.91. The van der Waals surface area contributed by atoms with E-state index in [9.17, 15) is 14.4 Å². The second-order valence-corrected chi connectivity index (χ2v) is 7.16. The van der Waals surface area contributed by atoms with Crippen LogP contribution in [0.5, 0.6) is 11.5 Å². The number of ether oxygens (including phenoxy) is 3. The molecule has 8 heteroatoms. The van der Waals surface area contributed by atoms with Crippen molar-refractivity contribution in [2.75, 3.05) is 34.9 Å². The highest BCUT2D eigenvalue weighted by atomic mass is 16.5. The molecule has 0 saturated carbocycles. The maximum atomic E-state index is 13.3. The van der Waals surface area contributed by atoms with Gasteiger partial charge in [0.05, 0.1) is 39.7 Å². The number of fused-ring (bicyclic) bond motifs is 1. The van der Waals surface area contributed by atoms with E-state index in [0.717, 1.165) is 5.56 Å². The van der Waals surface area contributed by atoms with Crippen LogP contribution in [0.4, 0.5) is 0 Å². The van der Waals surface area contributed by atoms with Gasteiger partial charge in [-0.25, -0.2) is 0 Å². The standard InChI is InChI=1S/C23H26N2O6/c1-25-21(14-9-10-17(29-2)18(13-14)30-3)20(22(27)24-12-11-19(26)31-4)15-7-5-6-8-16(15)23(25)28/h5-10,13,20-21H,11-12H2,1-4H3,(H,24,27)/t20-,21-/m0/s1. The summed E-state index contributed by atoms with van der Waals surface area (Å²) in [6.45, 7) is 0.139. The van der Waals surface area contributed by atoms with Crippen LogP contribution in [0.2, 0.25) is 0 Å². The van der Waals surface area contributed by atoms with E-state index in [4.69, 9.17) is 9.47 Å². The Morgan fingerprint density at radius 2 is 1.74 bits per heavy atom. The zero-order valence-electron chi connectivity index (χ0n) is 18.0. The first-order chi connectivity index (χ1) is 14.9. The Labute approximate surface area is 181 Å². The fourth-order valence-electron chi connectivity index (χ4n) is 3.91. The minimum absolute atomic E-state index is 0.0619. The van der Waals surface area contributed by atoms with Crippen LogP contribution in [0.3, 0.4) is 0 Å². The van der Waals surface area contributed by atoms with Gasteiger partial charge in [0.25, 0.3) is 5.91 Å². The smallest absolute Gasteiger partial charge is 0.307 e. The van der Waals surface area contributed by atoms with Gasteiger partial charge in [-0.1, -0.05) is 24.3 Å². The van der Waals surface area contributed by atoms with Crippen LogP contribution in [0, 0.1) is 0 Å². The van der Waals surface area contributed by atoms with Gasteiger partial charge in [0.1, 0.15) is 0 Å². The first kappa shape index (κ1) is 22.1. The first-order valence-electron chi connectivity index (χ1n) is 9.85. The minimum Gasteiger partial charge on any atom is -0.493 e. The molecule has 0 aliphatic carbocycles. The van der Waals surface area contributed by atoms with Crippen molar-refractivity contribution in [2.24, 2.45) is 0 Å². The maximum Gasteiger partial charge on any atom is 0.307 e. The summed E-state index contributed by atoms with van der Waals surface area (Å²) in [7, 11) is 6.05. The SMILES string of the molecule is COC(=O)CCNC(=O)[C@H]1c2ccccc2C(=O)N(C)[C@H]1c1ccc(OC)c(OC)c1.